The van der Waals surface area contributed by atoms with E-state index in [1.165, 1.54) is 11.8 Å². The van der Waals surface area contributed by atoms with Crippen LogP contribution in [0.2, 0.25) is 0 Å². The Morgan fingerprint density at radius 1 is 1.53 bits per heavy atom. The van der Waals surface area contributed by atoms with Crippen LogP contribution in [0.1, 0.15) is 12.6 Å². The molecule has 0 bridgehead atoms. The fourth-order valence-corrected chi connectivity index (χ4v) is 3.57. The highest BCUT2D eigenvalue weighted by molar-refractivity contribution is 7.98. The van der Waals surface area contributed by atoms with Crippen LogP contribution < -0.4 is 0 Å². The van der Waals surface area contributed by atoms with E-state index in [4.69, 9.17) is 9.05 Å². The highest BCUT2D eigenvalue weighted by Gasteiger charge is 2.28. The van der Waals surface area contributed by atoms with Crippen molar-refractivity contribution in [2.24, 2.45) is 7.05 Å². The number of aryl methyl sites for hydroxylation is 1. The molecule has 0 amide bonds. The third-order valence-corrected chi connectivity index (χ3v) is 4.88. The Morgan fingerprint density at radius 3 is 2.68 bits per heavy atom. The molecule has 1 aromatic rings. The number of aromatic nitrogens is 2. The zero-order valence-corrected chi connectivity index (χ0v) is 12.7. The first-order chi connectivity index (χ1) is 8.90. The SMILES string of the molecule is CCOP(=O)(Cc1cc(SC)n(C)n1)OCC(F)F. The molecule has 0 aliphatic rings. The molecule has 0 aliphatic heterocycles. The van der Waals surface area contributed by atoms with Crippen LogP contribution in [0.25, 0.3) is 0 Å². The maximum atomic E-state index is 12.3. The molecule has 0 aliphatic carbocycles. The van der Waals surface area contributed by atoms with E-state index in [0.717, 1.165) is 5.03 Å². The largest absolute Gasteiger partial charge is 0.336 e. The molecule has 0 saturated heterocycles. The number of alkyl halides is 2. The molecule has 110 valence electrons. The van der Waals surface area contributed by atoms with Crippen molar-refractivity contribution in [3.8, 4) is 0 Å². The molecule has 0 N–H and O–H groups in total. The maximum absolute atomic E-state index is 12.3. The van der Waals surface area contributed by atoms with Crippen molar-refractivity contribution < 1.29 is 22.4 Å². The number of hydrogen-bond acceptors (Lipinski definition) is 5. The van der Waals surface area contributed by atoms with Crippen molar-refractivity contribution in [1.29, 1.82) is 0 Å². The molecule has 19 heavy (non-hydrogen) atoms. The van der Waals surface area contributed by atoms with Gasteiger partial charge >= 0.3 is 7.60 Å². The standard InChI is InChI=1S/C10H17F2N2O3PS/c1-4-16-18(15,17-6-9(11)12)7-8-5-10(19-3)14(2)13-8/h5,9H,4,6-7H2,1-3H3. The summed E-state index contributed by atoms with van der Waals surface area (Å²) in [6, 6.07) is 1.74. The summed E-state index contributed by atoms with van der Waals surface area (Å²) in [4.78, 5) is 0. The highest BCUT2D eigenvalue weighted by atomic mass is 32.2. The number of hydrogen-bond donors (Lipinski definition) is 0. The fraction of sp³-hybridized carbons (Fsp3) is 0.700. The van der Waals surface area contributed by atoms with Crippen molar-refractivity contribution in [2.75, 3.05) is 19.5 Å². The first kappa shape index (κ1) is 16.6. The van der Waals surface area contributed by atoms with E-state index in [1.807, 2.05) is 6.26 Å². The lowest BCUT2D eigenvalue weighted by Crippen LogP contribution is -2.06. The molecular formula is C10H17F2N2O3PS. The minimum atomic E-state index is -3.58. The third kappa shape index (κ3) is 5.22. The Morgan fingerprint density at radius 2 is 2.21 bits per heavy atom. The van der Waals surface area contributed by atoms with E-state index in [0.29, 0.717) is 5.69 Å². The van der Waals surface area contributed by atoms with Crippen molar-refractivity contribution in [3.63, 3.8) is 0 Å². The molecule has 1 heterocycles. The van der Waals surface area contributed by atoms with E-state index >= 15 is 0 Å². The molecule has 0 aromatic carbocycles. The number of nitrogens with zero attached hydrogens (tertiary/aromatic N) is 2. The average Bonchev–Trinajstić information content (AvgIpc) is 2.67. The zero-order valence-electron chi connectivity index (χ0n) is 11.0. The van der Waals surface area contributed by atoms with Crippen molar-refractivity contribution in [1.82, 2.24) is 9.78 Å². The summed E-state index contributed by atoms with van der Waals surface area (Å²) in [5.74, 6) is 0. The van der Waals surface area contributed by atoms with Gasteiger partial charge in [-0.2, -0.15) is 5.10 Å². The van der Waals surface area contributed by atoms with Gasteiger partial charge in [-0.05, 0) is 19.2 Å². The molecule has 1 atom stereocenters. The van der Waals surface area contributed by atoms with Crippen LogP contribution in [0.4, 0.5) is 8.78 Å². The van der Waals surface area contributed by atoms with E-state index < -0.39 is 20.6 Å². The Labute approximate surface area is 115 Å². The summed E-state index contributed by atoms with van der Waals surface area (Å²) in [5, 5.41) is 5.03. The minimum absolute atomic E-state index is 0.109. The lowest BCUT2D eigenvalue weighted by molar-refractivity contribution is 0.0699. The van der Waals surface area contributed by atoms with Gasteiger partial charge in [-0.15, -0.1) is 11.8 Å². The maximum Gasteiger partial charge on any atom is 0.336 e. The van der Waals surface area contributed by atoms with Gasteiger partial charge in [0.25, 0.3) is 6.43 Å². The Balaban J connectivity index is 2.78. The minimum Gasteiger partial charge on any atom is -0.309 e. The lowest BCUT2D eigenvalue weighted by atomic mass is 10.5. The number of thioether (sulfide) groups is 1. The smallest absolute Gasteiger partial charge is 0.309 e. The van der Waals surface area contributed by atoms with Gasteiger partial charge in [0.15, 0.2) is 0 Å². The van der Waals surface area contributed by atoms with Gasteiger partial charge in [-0.25, -0.2) is 8.78 Å². The molecule has 5 nitrogen and oxygen atoms in total. The Hall–Kier alpha value is -0.430. The Bertz CT molecular complexity index is 456. The predicted molar refractivity (Wildman–Crippen MR) is 69.9 cm³/mol. The molecule has 1 aromatic heterocycles. The van der Waals surface area contributed by atoms with Crippen LogP contribution in [-0.2, 0) is 26.8 Å². The summed E-state index contributed by atoms with van der Waals surface area (Å²) in [5.41, 5.74) is 0.498. The van der Waals surface area contributed by atoms with Crippen molar-refractivity contribution >= 4 is 19.4 Å². The third-order valence-electron chi connectivity index (χ3n) is 2.18. The monoisotopic (exact) mass is 314 g/mol. The van der Waals surface area contributed by atoms with Crippen LogP contribution in [-0.4, -0.2) is 35.7 Å². The van der Waals surface area contributed by atoms with Crippen molar-refractivity contribution in [3.05, 3.63) is 11.8 Å². The fourth-order valence-electron chi connectivity index (χ4n) is 1.47. The van der Waals surface area contributed by atoms with Gasteiger partial charge in [0.05, 0.1) is 23.5 Å². The highest BCUT2D eigenvalue weighted by Crippen LogP contribution is 2.51. The second-order valence-corrected chi connectivity index (χ2v) is 6.56. The number of halogens is 2. The predicted octanol–water partition coefficient (Wildman–Crippen LogP) is 3.15. The summed E-state index contributed by atoms with van der Waals surface area (Å²) >= 11 is 1.48. The van der Waals surface area contributed by atoms with E-state index in [9.17, 15) is 13.3 Å². The average molecular weight is 314 g/mol. The van der Waals surface area contributed by atoms with Gasteiger partial charge < -0.3 is 9.05 Å². The second-order valence-electron chi connectivity index (χ2n) is 3.68. The van der Waals surface area contributed by atoms with Gasteiger partial charge in [-0.3, -0.25) is 9.25 Å². The molecule has 0 saturated carbocycles. The van der Waals surface area contributed by atoms with Crippen LogP contribution in [0.3, 0.4) is 0 Å². The zero-order chi connectivity index (χ0) is 14.5. The van der Waals surface area contributed by atoms with Crippen LogP contribution in [0.5, 0.6) is 0 Å². The number of rotatable bonds is 8. The van der Waals surface area contributed by atoms with E-state index in [-0.39, 0.29) is 12.8 Å². The summed E-state index contributed by atoms with van der Waals surface area (Å²) in [7, 11) is -1.83. The quantitative estimate of drug-likeness (QED) is 0.545. The lowest BCUT2D eigenvalue weighted by Gasteiger charge is -2.16. The summed E-state index contributed by atoms with van der Waals surface area (Å²) in [6.45, 7) is 0.854. The molecule has 0 spiro atoms. The van der Waals surface area contributed by atoms with E-state index in [1.54, 1.807) is 24.7 Å². The van der Waals surface area contributed by atoms with Gasteiger partial charge in [0.1, 0.15) is 6.61 Å². The first-order valence-corrected chi connectivity index (χ1v) is 8.58. The summed E-state index contributed by atoms with van der Waals surface area (Å²) < 4.78 is 47.9. The second kappa shape index (κ2) is 7.38. The van der Waals surface area contributed by atoms with E-state index in [2.05, 4.69) is 5.10 Å². The van der Waals surface area contributed by atoms with Crippen LogP contribution >= 0.6 is 19.4 Å². The molecule has 1 rings (SSSR count). The van der Waals surface area contributed by atoms with Gasteiger partial charge in [0.2, 0.25) is 0 Å². The normalized spacial score (nSPS) is 14.8. The molecule has 0 fully saturated rings. The van der Waals surface area contributed by atoms with Gasteiger partial charge in [-0.1, -0.05) is 0 Å². The first-order valence-electron chi connectivity index (χ1n) is 5.63. The summed E-state index contributed by atoms with van der Waals surface area (Å²) in [6.07, 6.45) is -0.905. The Kier molecular flexibility index (Phi) is 6.46. The van der Waals surface area contributed by atoms with Crippen LogP contribution in [0.15, 0.2) is 11.1 Å². The molecular weight excluding hydrogens is 297 g/mol. The topological polar surface area (TPSA) is 53.4 Å². The van der Waals surface area contributed by atoms with Gasteiger partial charge in [0, 0.05) is 7.05 Å². The van der Waals surface area contributed by atoms with Crippen molar-refractivity contribution in [2.45, 2.75) is 24.5 Å². The molecule has 9 heteroatoms. The van der Waals surface area contributed by atoms with Crippen LogP contribution in [0, 0.1) is 0 Å². The molecule has 1 unspecified atom stereocenters. The molecule has 0 radical (unpaired) electrons.